The highest BCUT2D eigenvalue weighted by Crippen LogP contribution is 2.34. The lowest BCUT2D eigenvalue weighted by molar-refractivity contribution is 0.0360. The zero-order valence-corrected chi connectivity index (χ0v) is 21.1. The van der Waals surface area contributed by atoms with Crippen molar-refractivity contribution in [2.24, 2.45) is 0 Å². The predicted octanol–water partition coefficient (Wildman–Crippen LogP) is 4.87. The molecule has 0 radical (unpaired) electrons. The van der Waals surface area contributed by atoms with Crippen LogP contribution in [0.3, 0.4) is 0 Å². The van der Waals surface area contributed by atoms with E-state index in [0.29, 0.717) is 5.69 Å². The average molecular weight is 517 g/mol. The van der Waals surface area contributed by atoms with Crippen molar-refractivity contribution in [1.82, 2.24) is 24.6 Å². The molecular formula is C26H24N6O2S2. The molecule has 0 aliphatic carbocycles. The number of thiazole rings is 1. The van der Waals surface area contributed by atoms with E-state index in [1.54, 1.807) is 29.1 Å². The van der Waals surface area contributed by atoms with E-state index in [1.165, 1.54) is 11.3 Å². The number of nitrogens with one attached hydrogen (secondary N) is 1. The van der Waals surface area contributed by atoms with E-state index < -0.39 is 0 Å². The smallest absolute Gasteiger partial charge is 0.275 e. The van der Waals surface area contributed by atoms with E-state index in [2.05, 4.69) is 37.7 Å². The van der Waals surface area contributed by atoms with Crippen LogP contribution in [-0.2, 0) is 11.3 Å². The van der Waals surface area contributed by atoms with Crippen molar-refractivity contribution in [3.63, 3.8) is 0 Å². The highest BCUT2D eigenvalue weighted by atomic mass is 32.1. The van der Waals surface area contributed by atoms with Gasteiger partial charge in [0.2, 0.25) is 0 Å². The fourth-order valence-electron chi connectivity index (χ4n) is 4.26. The van der Waals surface area contributed by atoms with Gasteiger partial charge in [0, 0.05) is 65.8 Å². The molecule has 36 heavy (non-hydrogen) atoms. The van der Waals surface area contributed by atoms with E-state index in [0.717, 1.165) is 77.7 Å². The number of ether oxygens (including phenoxy) is 1. The Morgan fingerprint density at radius 1 is 1.06 bits per heavy atom. The molecule has 1 fully saturated rings. The lowest BCUT2D eigenvalue weighted by Gasteiger charge is -2.26. The van der Waals surface area contributed by atoms with Gasteiger partial charge >= 0.3 is 0 Å². The van der Waals surface area contributed by atoms with Crippen LogP contribution in [0.4, 0.5) is 5.69 Å². The van der Waals surface area contributed by atoms with Crippen molar-refractivity contribution >= 4 is 45.2 Å². The topological polar surface area (TPSA) is 85.2 Å². The Kier molecular flexibility index (Phi) is 6.56. The molecule has 10 heteroatoms. The van der Waals surface area contributed by atoms with Crippen LogP contribution < -0.4 is 5.32 Å². The lowest BCUT2D eigenvalue weighted by Crippen LogP contribution is -2.38. The normalized spacial score (nSPS) is 14.3. The van der Waals surface area contributed by atoms with Crippen LogP contribution in [0.5, 0.6) is 0 Å². The molecule has 1 amide bonds. The molecule has 1 aromatic carbocycles. The summed E-state index contributed by atoms with van der Waals surface area (Å²) in [7, 11) is 0. The maximum Gasteiger partial charge on any atom is 0.275 e. The second-order valence-electron chi connectivity index (χ2n) is 8.54. The minimum atomic E-state index is -0.234. The van der Waals surface area contributed by atoms with Gasteiger partial charge in [0.25, 0.3) is 5.91 Å². The number of amides is 1. The van der Waals surface area contributed by atoms with Gasteiger partial charge in [-0.1, -0.05) is 0 Å². The highest BCUT2D eigenvalue weighted by Gasteiger charge is 2.17. The third kappa shape index (κ3) is 4.93. The van der Waals surface area contributed by atoms with Crippen LogP contribution in [0, 0.1) is 0 Å². The number of fused-ring (bicyclic) bond motifs is 1. The molecular weight excluding hydrogens is 492 g/mol. The first-order valence-electron chi connectivity index (χ1n) is 11.7. The number of aromatic nitrogens is 4. The van der Waals surface area contributed by atoms with Crippen LogP contribution in [0.1, 0.15) is 10.5 Å². The Bertz CT molecular complexity index is 1470. The molecule has 0 spiro atoms. The van der Waals surface area contributed by atoms with Gasteiger partial charge in [-0.05, 0) is 46.7 Å². The van der Waals surface area contributed by atoms with Crippen molar-refractivity contribution in [1.29, 1.82) is 0 Å². The third-order valence-electron chi connectivity index (χ3n) is 6.18. The molecule has 6 rings (SSSR count). The minimum Gasteiger partial charge on any atom is -0.379 e. The molecule has 0 saturated carbocycles. The number of nitrogens with zero attached hydrogens (tertiary/aromatic N) is 5. The maximum absolute atomic E-state index is 13.2. The number of benzene rings is 1. The molecule has 1 aliphatic heterocycles. The van der Waals surface area contributed by atoms with Crippen molar-refractivity contribution in [2.75, 3.05) is 38.2 Å². The first-order chi connectivity index (χ1) is 17.7. The standard InChI is InChI=1S/C26H24N6O2S2/c33-25(24-17-36-26(29-24)18-1-4-27-5-2-18)28-23-13-20-15-32(7-6-31-8-10-34-11-9-31)30-22(20)14-21(23)19-3-12-35-16-19/h1-5,12-17H,6-11H2,(H,28,33). The van der Waals surface area contributed by atoms with Crippen LogP contribution in [-0.4, -0.2) is 63.4 Å². The summed E-state index contributed by atoms with van der Waals surface area (Å²) < 4.78 is 7.44. The van der Waals surface area contributed by atoms with E-state index in [9.17, 15) is 4.79 Å². The second-order valence-corrected chi connectivity index (χ2v) is 10.2. The zero-order chi connectivity index (χ0) is 24.3. The summed E-state index contributed by atoms with van der Waals surface area (Å²) in [6.45, 7) is 5.23. The Balaban J connectivity index is 1.26. The summed E-state index contributed by atoms with van der Waals surface area (Å²) in [4.78, 5) is 24.2. The largest absolute Gasteiger partial charge is 0.379 e. The van der Waals surface area contributed by atoms with Crippen LogP contribution in [0.15, 0.2) is 65.1 Å². The van der Waals surface area contributed by atoms with Gasteiger partial charge in [-0.15, -0.1) is 11.3 Å². The molecule has 0 unspecified atom stereocenters. The fraction of sp³-hybridized carbons (Fsp3) is 0.231. The van der Waals surface area contributed by atoms with Crippen molar-refractivity contribution < 1.29 is 9.53 Å². The quantitative estimate of drug-likeness (QED) is 0.332. The van der Waals surface area contributed by atoms with Gasteiger partial charge in [0.1, 0.15) is 10.7 Å². The molecule has 5 heterocycles. The predicted molar refractivity (Wildman–Crippen MR) is 144 cm³/mol. The number of morpholine rings is 1. The van der Waals surface area contributed by atoms with E-state index in [1.807, 2.05) is 34.5 Å². The summed E-state index contributed by atoms with van der Waals surface area (Å²) in [6.07, 6.45) is 5.49. The number of hydrogen-bond acceptors (Lipinski definition) is 8. The number of anilines is 1. The molecule has 1 aliphatic rings. The van der Waals surface area contributed by atoms with Gasteiger partial charge in [-0.25, -0.2) is 4.98 Å². The number of carbonyl (C=O) groups excluding carboxylic acids is 1. The number of rotatable bonds is 7. The number of hydrogen-bond donors (Lipinski definition) is 1. The van der Waals surface area contributed by atoms with Crippen LogP contribution >= 0.6 is 22.7 Å². The van der Waals surface area contributed by atoms with Crippen molar-refractivity contribution in [3.8, 4) is 21.7 Å². The first kappa shape index (κ1) is 23.0. The third-order valence-corrected chi connectivity index (χ3v) is 7.76. The van der Waals surface area contributed by atoms with Gasteiger partial charge in [-0.2, -0.15) is 16.4 Å². The van der Waals surface area contributed by atoms with E-state index in [-0.39, 0.29) is 5.91 Å². The summed E-state index contributed by atoms with van der Waals surface area (Å²) in [5.41, 5.74) is 4.99. The molecule has 4 aromatic heterocycles. The monoisotopic (exact) mass is 516 g/mol. The molecule has 1 saturated heterocycles. The fourth-order valence-corrected chi connectivity index (χ4v) is 5.72. The second kappa shape index (κ2) is 10.3. The van der Waals surface area contributed by atoms with Gasteiger partial charge in [0.05, 0.1) is 25.3 Å². The van der Waals surface area contributed by atoms with E-state index in [4.69, 9.17) is 9.84 Å². The highest BCUT2D eigenvalue weighted by molar-refractivity contribution is 7.13. The Hall–Kier alpha value is -3.44. The lowest BCUT2D eigenvalue weighted by atomic mass is 10.0. The Morgan fingerprint density at radius 3 is 2.72 bits per heavy atom. The number of pyridine rings is 1. The molecule has 0 bridgehead atoms. The van der Waals surface area contributed by atoms with Gasteiger partial charge in [0.15, 0.2) is 0 Å². The minimum absolute atomic E-state index is 0.234. The zero-order valence-electron chi connectivity index (χ0n) is 19.5. The first-order valence-corrected chi connectivity index (χ1v) is 13.6. The van der Waals surface area contributed by atoms with E-state index >= 15 is 0 Å². The average Bonchev–Trinajstić information content (AvgIpc) is 3.69. The van der Waals surface area contributed by atoms with Gasteiger partial charge in [-0.3, -0.25) is 19.4 Å². The number of thiophene rings is 1. The molecule has 0 atom stereocenters. The van der Waals surface area contributed by atoms with Gasteiger partial charge < -0.3 is 10.1 Å². The molecule has 5 aromatic rings. The number of carbonyl (C=O) groups is 1. The summed E-state index contributed by atoms with van der Waals surface area (Å²) in [5.74, 6) is -0.234. The van der Waals surface area contributed by atoms with Crippen molar-refractivity contribution in [2.45, 2.75) is 6.54 Å². The molecule has 1 N–H and O–H groups in total. The van der Waals surface area contributed by atoms with Crippen molar-refractivity contribution in [3.05, 3.63) is 70.8 Å². The Labute approximate surface area is 216 Å². The van der Waals surface area contributed by atoms with Crippen LogP contribution in [0.25, 0.3) is 32.6 Å². The molecule has 8 nitrogen and oxygen atoms in total. The SMILES string of the molecule is O=C(Nc1cc2cn(CCN3CCOCC3)nc2cc1-c1ccsc1)c1csc(-c2ccncc2)n1. The summed E-state index contributed by atoms with van der Waals surface area (Å²) in [6, 6.07) is 9.90. The Morgan fingerprint density at radius 2 is 1.92 bits per heavy atom. The van der Waals surface area contributed by atoms with Crippen LogP contribution in [0.2, 0.25) is 0 Å². The molecule has 182 valence electrons. The summed E-state index contributed by atoms with van der Waals surface area (Å²) >= 11 is 3.07. The summed E-state index contributed by atoms with van der Waals surface area (Å²) in [5, 5.41) is 15.6. The maximum atomic E-state index is 13.2.